The first-order valence-corrected chi connectivity index (χ1v) is 6.47. The molecular formula is C8H11N3O2S2. The quantitative estimate of drug-likeness (QED) is 0.852. The molecule has 0 aromatic carbocycles. The molecular weight excluding hydrogens is 234 g/mol. The zero-order valence-corrected chi connectivity index (χ0v) is 9.81. The van der Waals surface area contributed by atoms with Crippen molar-refractivity contribution in [3.63, 3.8) is 0 Å². The van der Waals surface area contributed by atoms with Crippen LogP contribution in [0.5, 0.6) is 0 Å². The molecule has 1 rings (SSSR count). The van der Waals surface area contributed by atoms with Gasteiger partial charge in [0, 0.05) is 31.1 Å². The lowest BCUT2D eigenvalue weighted by Crippen LogP contribution is -2.27. The molecule has 5 nitrogen and oxygen atoms in total. The molecule has 1 aromatic rings. The van der Waals surface area contributed by atoms with Gasteiger partial charge >= 0.3 is 0 Å². The summed E-state index contributed by atoms with van der Waals surface area (Å²) in [7, 11) is -2.02. The van der Waals surface area contributed by atoms with Crippen LogP contribution < -0.4 is 5.73 Å². The van der Waals surface area contributed by atoms with E-state index in [9.17, 15) is 8.42 Å². The summed E-state index contributed by atoms with van der Waals surface area (Å²) in [6, 6.07) is 3.32. The molecule has 2 N–H and O–H groups in total. The highest BCUT2D eigenvalue weighted by molar-refractivity contribution is 7.91. The van der Waals surface area contributed by atoms with Gasteiger partial charge in [-0.3, -0.25) is 0 Å². The van der Waals surface area contributed by atoms with Crippen molar-refractivity contribution in [3.05, 3.63) is 11.4 Å². The first kappa shape index (κ1) is 12.0. The molecule has 0 saturated heterocycles. The van der Waals surface area contributed by atoms with E-state index in [4.69, 9.17) is 11.0 Å². The van der Waals surface area contributed by atoms with E-state index in [2.05, 4.69) is 0 Å². The van der Waals surface area contributed by atoms with Gasteiger partial charge in [-0.05, 0) is 6.07 Å². The lowest BCUT2D eigenvalue weighted by Gasteiger charge is -2.13. The summed E-state index contributed by atoms with van der Waals surface area (Å²) in [5, 5.41) is 9.94. The molecule has 82 valence electrons. The zero-order chi connectivity index (χ0) is 11.5. The number of hydrogen-bond donors (Lipinski definition) is 1. The topological polar surface area (TPSA) is 87.2 Å². The summed E-state index contributed by atoms with van der Waals surface area (Å²) in [6.45, 7) is 0.191. The van der Waals surface area contributed by atoms with Gasteiger partial charge in [0.25, 0.3) is 10.0 Å². The van der Waals surface area contributed by atoms with Crippen molar-refractivity contribution in [2.75, 3.05) is 19.3 Å². The highest BCUT2D eigenvalue weighted by Crippen LogP contribution is 2.24. The SMILES string of the molecule is CN(CCC#N)S(=O)(=O)c1cc(N)cs1. The van der Waals surface area contributed by atoms with Crippen LogP contribution in [0, 0.1) is 11.3 Å². The van der Waals surface area contributed by atoms with Crippen LogP contribution in [-0.4, -0.2) is 26.3 Å². The fourth-order valence-electron chi connectivity index (χ4n) is 0.947. The van der Waals surface area contributed by atoms with E-state index in [1.165, 1.54) is 13.1 Å². The maximum Gasteiger partial charge on any atom is 0.252 e. The number of nitrogens with zero attached hydrogens (tertiary/aromatic N) is 2. The Labute approximate surface area is 92.8 Å². The van der Waals surface area contributed by atoms with Gasteiger partial charge in [0.2, 0.25) is 0 Å². The Morgan fingerprint density at radius 2 is 2.33 bits per heavy atom. The normalized spacial score (nSPS) is 11.5. The molecule has 0 aliphatic rings. The van der Waals surface area contributed by atoms with Gasteiger partial charge in [0.15, 0.2) is 0 Å². The molecule has 1 aromatic heterocycles. The maximum atomic E-state index is 11.8. The van der Waals surface area contributed by atoms with E-state index >= 15 is 0 Å². The molecule has 0 amide bonds. The van der Waals surface area contributed by atoms with Crippen LogP contribution in [-0.2, 0) is 10.0 Å². The lowest BCUT2D eigenvalue weighted by atomic mass is 10.5. The van der Waals surface area contributed by atoms with Gasteiger partial charge in [-0.15, -0.1) is 11.3 Å². The van der Waals surface area contributed by atoms with Crippen LogP contribution in [0.25, 0.3) is 0 Å². The number of nitrogen functional groups attached to an aromatic ring is 1. The first-order chi connectivity index (χ1) is 6.98. The summed E-state index contributed by atoms with van der Waals surface area (Å²) in [6.07, 6.45) is 0.177. The summed E-state index contributed by atoms with van der Waals surface area (Å²) in [5.41, 5.74) is 5.89. The van der Waals surface area contributed by atoms with E-state index < -0.39 is 10.0 Å². The Bertz CT molecular complexity index is 472. The number of nitrogens with two attached hydrogens (primary N) is 1. The number of hydrogen-bond acceptors (Lipinski definition) is 5. The molecule has 0 radical (unpaired) electrons. The molecule has 0 saturated carbocycles. The van der Waals surface area contributed by atoms with E-state index in [-0.39, 0.29) is 17.2 Å². The average molecular weight is 245 g/mol. The molecule has 0 unspecified atom stereocenters. The highest BCUT2D eigenvalue weighted by Gasteiger charge is 2.21. The molecule has 1 heterocycles. The van der Waals surface area contributed by atoms with Crippen LogP contribution in [0.4, 0.5) is 5.69 Å². The average Bonchev–Trinajstić information content (AvgIpc) is 2.61. The summed E-state index contributed by atoms with van der Waals surface area (Å²) in [5.74, 6) is 0. The van der Waals surface area contributed by atoms with Crippen molar-refractivity contribution in [1.29, 1.82) is 5.26 Å². The predicted molar refractivity (Wildman–Crippen MR) is 58.8 cm³/mol. The van der Waals surface area contributed by atoms with E-state index in [0.29, 0.717) is 5.69 Å². The number of thiophene rings is 1. The Kier molecular flexibility index (Phi) is 3.68. The molecule has 0 bridgehead atoms. The predicted octanol–water partition coefficient (Wildman–Crippen LogP) is 0.864. The van der Waals surface area contributed by atoms with Gasteiger partial charge in [-0.1, -0.05) is 0 Å². The third-order valence-corrected chi connectivity index (χ3v) is 5.09. The Balaban J connectivity index is 2.89. The first-order valence-electron chi connectivity index (χ1n) is 4.16. The zero-order valence-electron chi connectivity index (χ0n) is 8.17. The maximum absolute atomic E-state index is 11.8. The van der Waals surface area contributed by atoms with Gasteiger partial charge in [0.1, 0.15) is 4.21 Å². The number of nitriles is 1. The van der Waals surface area contributed by atoms with Crippen LogP contribution in [0.2, 0.25) is 0 Å². The molecule has 0 fully saturated rings. The summed E-state index contributed by atoms with van der Waals surface area (Å²) in [4.78, 5) is 0. The van der Waals surface area contributed by atoms with Gasteiger partial charge in [0.05, 0.1) is 6.07 Å². The van der Waals surface area contributed by atoms with Crippen molar-refractivity contribution in [2.45, 2.75) is 10.6 Å². The molecule has 0 atom stereocenters. The minimum absolute atomic E-state index is 0.177. The van der Waals surface area contributed by atoms with Crippen LogP contribution in [0.1, 0.15) is 6.42 Å². The van der Waals surface area contributed by atoms with Gasteiger partial charge < -0.3 is 5.73 Å². The molecule has 0 aliphatic heterocycles. The van der Waals surface area contributed by atoms with Gasteiger partial charge in [-0.2, -0.15) is 9.57 Å². The molecule has 0 spiro atoms. The Morgan fingerprint density at radius 1 is 1.67 bits per heavy atom. The van der Waals surface area contributed by atoms with E-state index in [1.54, 1.807) is 5.38 Å². The monoisotopic (exact) mass is 245 g/mol. The summed E-state index contributed by atoms with van der Waals surface area (Å²) < 4.78 is 25.0. The number of anilines is 1. The van der Waals surface area contributed by atoms with Crippen molar-refractivity contribution in [1.82, 2.24) is 4.31 Å². The van der Waals surface area contributed by atoms with Crippen LogP contribution >= 0.6 is 11.3 Å². The molecule has 15 heavy (non-hydrogen) atoms. The molecule has 0 aliphatic carbocycles. The largest absolute Gasteiger partial charge is 0.398 e. The minimum atomic E-state index is -3.47. The second-order valence-corrected chi connectivity index (χ2v) is 6.12. The van der Waals surface area contributed by atoms with Crippen molar-refractivity contribution in [2.24, 2.45) is 0 Å². The van der Waals surface area contributed by atoms with Gasteiger partial charge in [-0.25, -0.2) is 8.42 Å². The fourth-order valence-corrected chi connectivity index (χ4v) is 3.41. The third kappa shape index (κ3) is 2.68. The van der Waals surface area contributed by atoms with Crippen LogP contribution in [0.15, 0.2) is 15.7 Å². The highest BCUT2D eigenvalue weighted by atomic mass is 32.2. The minimum Gasteiger partial charge on any atom is -0.398 e. The summed E-state index contributed by atoms with van der Waals surface area (Å²) >= 11 is 1.08. The third-order valence-electron chi connectivity index (χ3n) is 1.80. The van der Waals surface area contributed by atoms with Crippen LogP contribution in [0.3, 0.4) is 0 Å². The number of sulfonamides is 1. The van der Waals surface area contributed by atoms with Crippen molar-refractivity contribution >= 4 is 27.0 Å². The fraction of sp³-hybridized carbons (Fsp3) is 0.375. The second kappa shape index (κ2) is 4.61. The standard InChI is InChI=1S/C8H11N3O2S2/c1-11(4-2-3-9)15(12,13)8-5-7(10)6-14-8/h5-6H,2,4,10H2,1H3. The molecule has 7 heteroatoms. The van der Waals surface area contributed by atoms with E-state index in [1.807, 2.05) is 6.07 Å². The lowest BCUT2D eigenvalue weighted by molar-refractivity contribution is 0.478. The Morgan fingerprint density at radius 3 is 2.80 bits per heavy atom. The van der Waals surface area contributed by atoms with E-state index in [0.717, 1.165) is 15.6 Å². The number of rotatable bonds is 4. The Hall–Kier alpha value is -1.10. The van der Waals surface area contributed by atoms with Crippen molar-refractivity contribution in [3.8, 4) is 6.07 Å². The second-order valence-electron chi connectivity index (χ2n) is 2.93. The van der Waals surface area contributed by atoms with Crippen molar-refractivity contribution < 1.29 is 8.42 Å². The smallest absolute Gasteiger partial charge is 0.252 e.